The highest BCUT2D eigenvalue weighted by Gasteiger charge is 2.51. The van der Waals surface area contributed by atoms with Crippen LogP contribution in [0.25, 0.3) is 0 Å². The molecule has 138 valence electrons. The molecule has 2 fully saturated rings. The van der Waals surface area contributed by atoms with Gasteiger partial charge in [0.25, 0.3) is 11.6 Å². The second kappa shape index (κ2) is 6.82. The molecular formula is C18H15N3O4S2. The Bertz CT molecular complexity index is 934. The summed E-state index contributed by atoms with van der Waals surface area (Å²) >= 11 is 7.18. The first-order valence-electron chi connectivity index (χ1n) is 8.17. The number of methoxy groups -OCH3 is 1. The Morgan fingerprint density at radius 1 is 1.26 bits per heavy atom. The minimum atomic E-state index is -0.419. The van der Waals surface area contributed by atoms with Crippen LogP contribution in [0, 0.1) is 10.1 Å². The summed E-state index contributed by atoms with van der Waals surface area (Å²) in [5.74, 6) is 1.20. The average molecular weight is 401 g/mol. The number of amides is 1. The van der Waals surface area contributed by atoms with Crippen LogP contribution < -0.4 is 9.64 Å². The van der Waals surface area contributed by atoms with Gasteiger partial charge in [-0.2, -0.15) is 0 Å². The molecule has 7 nitrogen and oxygen atoms in total. The van der Waals surface area contributed by atoms with E-state index in [-0.39, 0.29) is 23.0 Å². The fourth-order valence-corrected chi connectivity index (χ4v) is 5.22. The molecule has 2 unspecified atom stereocenters. The molecule has 2 aromatic rings. The quantitative estimate of drug-likeness (QED) is 0.442. The lowest BCUT2D eigenvalue weighted by molar-refractivity contribution is -0.384. The summed E-state index contributed by atoms with van der Waals surface area (Å²) in [6, 6.07) is 13.3. The Labute approximate surface area is 165 Å². The molecular weight excluding hydrogens is 386 g/mol. The van der Waals surface area contributed by atoms with E-state index in [4.69, 9.17) is 17.0 Å². The van der Waals surface area contributed by atoms with Gasteiger partial charge in [-0.15, -0.1) is 11.8 Å². The van der Waals surface area contributed by atoms with E-state index in [9.17, 15) is 14.9 Å². The minimum Gasteiger partial charge on any atom is -0.497 e. The Balaban J connectivity index is 1.66. The van der Waals surface area contributed by atoms with Crippen molar-refractivity contribution in [1.29, 1.82) is 0 Å². The van der Waals surface area contributed by atoms with Crippen LogP contribution in [-0.2, 0) is 4.79 Å². The standard InChI is InChI=1S/C18H15N3O4S2/c1-25-14-7-5-12(6-8-14)19-16(22)15-10-27-17(20(15)18(19)26)11-3-2-4-13(9-11)21(23)24/h2-9,15,17H,10H2,1H3. The molecule has 2 atom stereocenters. The lowest BCUT2D eigenvalue weighted by Gasteiger charge is -2.25. The van der Waals surface area contributed by atoms with Crippen LogP contribution in [0.5, 0.6) is 5.75 Å². The Morgan fingerprint density at radius 3 is 2.67 bits per heavy atom. The second-order valence-electron chi connectivity index (χ2n) is 6.12. The third-order valence-electron chi connectivity index (χ3n) is 4.61. The van der Waals surface area contributed by atoms with Crippen LogP contribution in [0.3, 0.4) is 0 Å². The Kier molecular flexibility index (Phi) is 4.48. The van der Waals surface area contributed by atoms with Crippen LogP contribution in [0.2, 0.25) is 0 Å². The number of anilines is 1. The number of fused-ring (bicyclic) bond motifs is 1. The number of nitrogens with zero attached hydrogens (tertiary/aromatic N) is 3. The molecule has 0 saturated carbocycles. The summed E-state index contributed by atoms with van der Waals surface area (Å²) in [4.78, 5) is 27.0. The molecule has 0 aliphatic carbocycles. The predicted molar refractivity (Wildman–Crippen MR) is 107 cm³/mol. The smallest absolute Gasteiger partial charge is 0.269 e. The predicted octanol–water partition coefficient (Wildman–Crippen LogP) is 3.35. The first-order valence-corrected chi connectivity index (χ1v) is 9.63. The van der Waals surface area contributed by atoms with Gasteiger partial charge in [-0.1, -0.05) is 12.1 Å². The second-order valence-corrected chi connectivity index (χ2v) is 7.59. The molecule has 0 N–H and O–H groups in total. The van der Waals surface area contributed by atoms with Crippen molar-refractivity contribution >= 4 is 46.4 Å². The molecule has 2 aromatic carbocycles. The van der Waals surface area contributed by atoms with Crippen molar-refractivity contribution in [3.8, 4) is 5.75 Å². The summed E-state index contributed by atoms with van der Waals surface area (Å²) in [5.41, 5.74) is 1.48. The SMILES string of the molecule is COc1ccc(N2C(=O)C3CSC(c4cccc([N+](=O)[O-])c4)N3C2=S)cc1. The maximum Gasteiger partial charge on any atom is 0.269 e. The van der Waals surface area contributed by atoms with Crippen molar-refractivity contribution in [2.45, 2.75) is 11.4 Å². The lowest BCUT2D eigenvalue weighted by atomic mass is 10.1. The lowest BCUT2D eigenvalue weighted by Crippen LogP contribution is -2.33. The van der Waals surface area contributed by atoms with Crippen molar-refractivity contribution in [2.24, 2.45) is 0 Å². The minimum absolute atomic E-state index is 0.0278. The van der Waals surface area contributed by atoms with E-state index in [1.54, 1.807) is 55.3 Å². The number of ether oxygens (including phenoxy) is 1. The maximum atomic E-state index is 12.9. The number of benzene rings is 2. The normalized spacial score (nSPS) is 21.5. The van der Waals surface area contributed by atoms with Crippen LogP contribution >= 0.6 is 24.0 Å². The number of nitro groups is 1. The van der Waals surface area contributed by atoms with E-state index in [2.05, 4.69) is 0 Å². The van der Waals surface area contributed by atoms with E-state index in [0.29, 0.717) is 22.3 Å². The molecule has 0 radical (unpaired) electrons. The first-order chi connectivity index (χ1) is 13.0. The number of carbonyl (C=O) groups excluding carboxylic acids is 1. The molecule has 2 aliphatic rings. The Hall–Kier alpha value is -2.65. The number of rotatable bonds is 4. The van der Waals surface area contributed by atoms with Gasteiger partial charge in [-0.25, -0.2) is 0 Å². The van der Waals surface area contributed by atoms with Crippen molar-refractivity contribution in [1.82, 2.24) is 4.90 Å². The highest BCUT2D eigenvalue weighted by atomic mass is 32.2. The van der Waals surface area contributed by atoms with Gasteiger partial charge in [0.2, 0.25) is 0 Å². The van der Waals surface area contributed by atoms with E-state index >= 15 is 0 Å². The molecule has 0 spiro atoms. The number of hydrogen-bond acceptors (Lipinski definition) is 6. The molecule has 4 rings (SSSR count). The van der Waals surface area contributed by atoms with E-state index in [1.807, 2.05) is 11.0 Å². The summed E-state index contributed by atoms with van der Waals surface area (Å²) in [6.07, 6.45) is 0. The third kappa shape index (κ3) is 2.92. The molecule has 0 bridgehead atoms. The summed E-state index contributed by atoms with van der Waals surface area (Å²) < 4.78 is 5.16. The number of non-ortho nitro benzene ring substituents is 1. The van der Waals surface area contributed by atoms with Gasteiger partial charge in [0.15, 0.2) is 5.11 Å². The first kappa shape index (κ1) is 17.7. The van der Waals surface area contributed by atoms with Crippen molar-refractivity contribution in [3.63, 3.8) is 0 Å². The number of nitro benzene ring substituents is 1. The average Bonchev–Trinajstić information content (AvgIpc) is 3.22. The summed E-state index contributed by atoms with van der Waals surface area (Å²) in [6.45, 7) is 0. The van der Waals surface area contributed by atoms with Crippen LogP contribution in [0.1, 0.15) is 10.9 Å². The number of thiocarbonyl (C=S) groups is 1. The van der Waals surface area contributed by atoms with Gasteiger partial charge in [-0.3, -0.25) is 19.8 Å². The zero-order valence-electron chi connectivity index (χ0n) is 14.3. The van der Waals surface area contributed by atoms with E-state index in [0.717, 1.165) is 5.56 Å². The van der Waals surface area contributed by atoms with Gasteiger partial charge < -0.3 is 9.64 Å². The molecule has 0 aromatic heterocycles. The molecule has 2 aliphatic heterocycles. The van der Waals surface area contributed by atoms with E-state index in [1.165, 1.54) is 11.0 Å². The topological polar surface area (TPSA) is 75.9 Å². The Morgan fingerprint density at radius 2 is 2.00 bits per heavy atom. The van der Waals surface area contributed by atoms with Crippen LogP contribution in [0.4, 0.5) is 11.4 Å². The van der Waals surface area contributed by atoms with Crippen LogP contribution in [0.15, 0.2) is 48.5 Å². The van der Waals surface area contributed by atoms with Gasteiger partial charge in [-0.05, 0) is 42.0 Å². The number of hydrogen-bond donors (Lipinski definition) is 0. The van der Waals surface area contributed by atoms with Crippen molar-refractivity contribution in [3.05, 3.63) is 64.2 Å². The zero-order valence-corrected chi connectivity index (χ0v) is 15.9. The number of thioether (sulfide) groups is 1. The zero-order chi connectivity index (χ0) is 19.1. The highest BCUT2D eigenvalue weighted by molar-refractivity contribution is 7.99. The summed E-state index contributed by atoms with van der Waals surface area (Å²) in [7, 11) is 1.58. The fraction of sp³-hybridized carbons (Fsp3) is 0.222. The van der Waals surface area contributed by atoms with Gasteiger partial charge in [0, 0.05) is 17.9 Å². The highest BCUT2D eigenvalue weighted by Crippen LogP contribution is 2.46. The van der Waals surface area contributed by atoms with Crippen LogP contribution in [-0.4, -0.2) is 39.7 Å². The fourth-order valence-electron chi connectivity index (χ4n) is 3.31. The molecule has 2 saturated heterocycles. The molecule has 2 heterocycles. The van der Waals surface area contributed by atoms with Crippen molar-refractivity contribution < 1.29 is 14.5 Å². The van der Waals surface area contributed by atoms with E-state index < -0.39 is 4.92 Å². The van der Waals surface area contributed by atoms with Gasteiger partial charge in [0.1, 0.15) is 17.2 Å². The monoisotopic (exact) mass is 401 g/mol. The molecule has 27 heavy (non-hydrogen) atoms. The van der Waals surface area contributed by atoms with Gasteiger partial charge in [0.05, 0.1) is 17.7 Å². The maximum absolute atomic E-state index is 12.9. The number of carbonyl (C=O) groups is 1. The van der Waals surface area contributed by atoms with Crippen molar-refractivity contribution in [2.75, 3.05) is 17.8 Å². The molecule has 1 amide bonds. The molecule has 9 heteroatoms. The summed E-state index contributed by atoms with van der Waals surface area (Å²) in [5, 5.41) is 11.3. The largest absolute Gasteiger partial charge is 0.497 e. The van der Waals surface area contributed by atoms with Gasteiger partial charge >= 0.3 is 0 Å². The third-order valence-corrected chi connectivity index (χ3v) is 6.33.